The van der Waals surface area contributed by atoms with Crippen molar-refractivity contribution in [3.8, 4) is 11.5 Å². The Morgan fingerprint density at radius 3 is 2.48 bits per heavy atom. The average Bonchev–Trinajstić information content (AvgIpc) is 2.70. The molecule has 0 bridgehead atoms. The molecular formula is C17H24N2O4. The second kappa shape index (κ2) is 7.85. The minimum atomic E-state index is -0.241. The zero-order valence-electron chi connectivity index (χ0n) is 13.9. The van der Waals surface area contributed by atoms with Gasteiger partial charge in [-0.1, -0.05) is 6.42 Å². The van der Waals surface area contributed by atoms with Crippen molar-refractivity contribution in [2.24, 2.45) is 5.92 Å². The minimum absolute atomic E-state index is 0.0564. The van der Waals surface area contributed by atoms with Crippen molar-refractivity contribution in [1.29, 1.82) is 0 Å². The molecular weight excluding hydrogens is 296 g/mol. The number of nitrogens with one attached hydrogen (secondary N) is 1. The predicted octanol–water partition coefficient (Wildman–Crippen LogP) is 2.29. The number of anilines is 1. The van der Waals surface area contributed by atoms with Gasteiger partial charge in [-0.25, -0.2) is 0 Å². The Labute approximate surface area is 136 Å². The molecule has 1 aromatic rings. The predicted molar refractivity (Wildman–Crippen MR) is 87.8 cm³/mol. The van der Waals surface area contributed by atoms with Gasteiger partial charge in [-0.2, -0.15) is 0 Å². The van der Waals surface area contributed by atoms with Crippen molar-refractivity contribution >= 4 is 17.5 Å². The van der Waals surface area contributed by atoms with E-state index in [0.29, 0.717) is 17.2 Å². The van der Waals surface area contributed by atoms with Crippen molar-refractivity contribution in [3.63, 3.8) is 0 Å². The van der Waals surface area contributed by atoms with Crippen LogP contribution in [-0.2, 0) is 9.59 Å². The van der Waals surface area contributed by atoms with Crippen LogP contribution in [0, 0.1) is 5.92 Å². The molecule has 1 fully saturated rings. The highest BCUT2D eigenvalue weighted by atomic mass is 16.5. The quantitative estimate of drug-likeness (QED) is 0.904. The number of ether oxygens (including phenoxy) is 2. The summed E-state index contributed by atoms with van der Waals surface area (Å²) in [6.45, 7) is 0.768. The molecule has 0 saturated carbocycles. The van der Waals surface area contributed by atoms with E-state index in [0.717, 1.165) is 25.8 Å². The van der Waals surface area contributed by atoms with Crippen LogP contribution < -0.4 is 14.8 Å². The summed E-state index contributed by atoms with van der Waals surface area (Å²) in [5.41, 5.74) is 0.598. The van der Waals surface area contributed by atoms with E-state index in [2.05, 4.69) is 5.32 Å². The third-order valence-corrected chi connectivity index (χ3v) is 4.09. The largest absolute Gasteiger partial charge is 0.497 e. The van der Waals surface area contributed by atoms with E-state index in [1.165, 1.54) is 0 Å². The number of hydrogen-bond acceptors (Lipinski definition) is 4. The van der Waals surface area contributed by atoms with Gasteiger partial charge in [0, 0.05) is 49.8 Å². The highest BCUT2D eigenvalue weighted by Gasteiger charge is 2.26. The zero-order valence-corrected chi connectivity index (χ0v) is 13.9. The van der Waals surface area contributed by atoms with Crippen LogP contribution in [0.5, 0.6) is 11.5 Å². The van der Waals surface area contributed by atoms with E-state index >= 15 is 0 Å². The second-order valence-corrected chi connectivity index (χ2v) is 5.81. The summed E-state index contributed by atoms with van der Waals surface area (Å²) in [5.74, 6) is 0.847. The Hall–Kier alpha value is -2.24. The zero-order chi connectivity index (χ0) is 16.8. The van der Waals surface area contributed by atoms with Crippen LogP contribution in [-0.4, -0.2) is 44.5 Å². The first-order valence-corrected chi connectivity index (χ1v) is 7.81. The topological polar surface area (TPSA) is 67.9 Å². The summed E-state index contributed by atoms with van der Waals surface area (Å²) in [6.07, 6.45) is 2.93. The molecule has 1 aliphatic rings. The normalized spacial score (nSPS) is 18.3. The van der Waals surface area contributed by atoms with Gasteiger partial charge in [-0.15, -0.1) is 0 Å². The molecule has 6 heteroatoms. The van der Waals surface area contributed by atoms with E-state index in [-0.39, 0.29) is 24.2 Å². The Morgan fingerprint density at radius 2 is 1.87 bits per heavy atom. The molecule has 0 spiro atoms. The van der Waals surface area contributed by atoms with Gasteiger partial charge >= 0.3 is 0 Å². The summed E-state index contributed by atoms with van der Waals surface area (Å²) in [4.78, 5) is 26.2. The van der Waals surface area contributed by atoms with E-state index in [9.17, 15) is 9.59 Å². The average molecular weight is 320 g/mol. The summed E-state index contributed by atoms with van der Waals surface area (Å²) in [5, 5.41) is 2.82. The molecule has 1 saturated heterocycles. The summed E-state index contributed by atoms with van der Waals surface area (Å²) in [7, 11) is 4.91. The number of carbonyl (C=O) groups excluding carboxylic acids is 2. The van der Waals surface area contributed by atoms with Gasteiger partial charge in [-0.3, -0.25) is 9.59 Å². The fraction of sp³-hybridized carbons (Fsp3) is 0.529. The Kier molecular flexibility index (Phi) is 5.84. The third kappa shape index (κ3) is 4.61. The molecule has 6 nitrogen and oxygen atoms in total. The molecule has 2 rings (SSSR count). The minimum Gasteiger partial charge on any atom is -0.497 e. The first kappa shape index (κ1) is 17.1. The molecule has 1 atom stereocenters. The van der Waals surface area contributed by atoms with Gasteiger partial charge in [-0.05, 0) is 12.8 Å². The molecule has 1 heterocycles. The number of carbonyl (C=O) groups is 2. The van der Waals surface area contributed by atoms with Gasteiger partial charge < -0.3 is 19.7 Å². The number of hydrogen-bond donors (Lipinski definition) is 1. The van der Waals surface area contributed by atoms with Crippen LogP contribution in [0.1, 0.15) is 25.7 Å². The Balaban J connectivity index is 2.02. The SMILES string of the molecule is COc1cc(NC(=O)CC2CCCCN(C)C2=O)cc(OC)c1. The lowest BCUT2D eigenvalue weighted by Crippen LogP contribution is -2.33. The maximum Gasteiger partial charge on any atom is 0.225 e. The highest BCUT2D eigenvalue weighted by molar-refractivity contribution is 5.94. The molecule has 1 unspecified atom stereocenters. The van der Waals surface area contributed by atoms with Crippen LogP contribution in [0.15, 0.2) is 18.2 Å². The molecule has 1 N–H and O–H groups in total. The van der Waals surface area contributed by atoms with Gasteiger partial charge in [0.1, 0.15) is 11.5 Å². The number of rotatable bonds is 5. The molecule has 23 heavy (non-hydrogen) atoms. The van der Waals surface area contributed by atoms with Crippen LogP contribution in [0.4, 0.5) is 5.69 Å². The molecule has 126 valence electrons. The molecule has 0 radical (unpaired) electrons. The maximum atomic E-state index is 12.3. The summed E-state index contributed by atoms with van der Waals surface area (Å²) >= 11 is 0. The van der Waals surface area contributed by atoms with Crippen molar-refractivity contribution in [3.05, 3.63) is 18.2 Å². The van der Waals surface area contributed by atoms with Crippen molar-refractivity contribution in [2.45, 2.75) is 25.7 Å². The molecule has 0 aliphatic carbocycles. The Bertz CT molecular complexity index is 551. The first-order valence-electron chi connectivity index (χ1n) is 7.81. The first-order chi connectivity index (χ1) is 11.0. The van der Waals surface area contributed by atoms with Crippen molar-refractivity contribution in [1.82, 2.24) is 4.90 Å². The maximum absolute atomic E-state index is 12.3. The number of likely N-dealkylation sites (tertiary alicyclic amines) is 1. The van der Waals surface area contributed by atoms with Crippen LogP contribution in [0.2, 0.25) is 0 Å². The molecule has 1 aliphatic heterocycles. The van der Waals surface area contributed by atoms with E-state index in [4.69, 9.17) is 9.47 Å². The standard InChI is InChI=1S/C17H24N2O4/c1-19-7-5-4-6-12(17(19)21)8-16(20)18-13-9-14(22-2)11-15(10-13)23-3/h9-12H,4-8H2,1-3H3,(H,18,20). The number of amides is 2. The van der Waals surface area contributed by atoms with Crippen LogP contribution in [0.25, 0.3) is 0 Å². The fourth-order valence-electron chi connectivity index (χ4n) is 2.79. The third-order valence-electron chi connectivity index (χ3n) is 4.09. The van der Waals surface area contributed by atoms with Gasteiger partial charge in [0.2, 0.25) is 11.8 Å². The number of benzene rings is 1. The van der Waals surface area contributed by atoms with E-state index < -0.39 is 0 Å². The second-order valence-electron chi connectivity index (χ2n) is 5.81. The number of methoxy groups -OCH3 is 2. The van der Waals surface area contributed by atoms with Gasteiger partial charge in [0.05, 0.1) is 14.2 Å². The molecule has 1 aromatic carbocycles. The van der Waals surface area contributed by atoms with E-state index in [1.807, 2.05) is 0 Å². The lowest BCUT2D eigenvalue weighted by molar-refractivity contribution is -0.135. The van der Waals surface area contributed by atoms with Crippen molar-refractivity contribution < 1.29 is 19.1 Å². The smallest absolute Gasteiger partial charge is 0.225 e. The van der Waals surface area contributed by atoms with Gasteiger partial charge in [0.25, 0.3) is 0 Å². The summed E-state index contributed by atoms with van der Waals surface area (Å²) in [6, 6.07) is 5.18. The molecule has 2 amide bonds. The van der Waals surface area contributed by atoms with Crippen LogP contribution in [0.3, 0.4) is 0 Å². The summed E-state index contributed by atoms with van der Waals surface area (Å²) < 4.78 is 10.4. The van der Waals surface area contributed by atoms with Gasteiger partial charge in [0.15, 0.2) is 0 Å². The highest BCUT2D eigenvalue weighted by Crippen LogP contribution is 2.26. The monoisotopic (exact) mass is 320 g/mol. The van der Waals surface area contributed by atoms with Crippen LogP contribution >= 0.6 is 0 Å². The Morgan fingerprint density at radius 1 is 1.22 bits per heavy atom. The lowest BCUT2D eigenvalue weighted by atomic mass is 9.98. The van der Waals surface area contributed by atoms with E-state index in [1.54, 1.807) is 44.4 Å². The molecule has 0 aromatic heterocycles. The van der Waals surface area contributed by atoms with Crippen molar-refractivity contribution in [2.75, 3.05) is 33.1 Å². The lowest BCUT2D eigenvalue weighted by Gasteiger charge is -2.19. The fourth-order valence-corrected chi connectivity index (χ4v) is 2.79. The number of nitrogens with zero attached hydrogens (tertiary/aromatic N) is 1.